The molecule has 2 fully saturated rings. The van der Waals surface area contributed by atoms with Crippen LogP contribution < -0.4 is 0 Å². The van der Waals surface area contributed by atoms with Gasteiger partial charge >= 0.3 is 0 Å². The summed E-state index contributed by atoms with van der Waals surface area (Å²) in [4.78, 5) is 30.3. The summed E-state index contributed by atoms with van der Waals surface area (Å²) in [6.45, 7) is 5.45. The van der Waals surface area contributed by atoms with Gasteiger partial charge in [-0.1, -0.05) is 37.5 Å². The Balaban J connectivity index is 1.47. The molecular formula is C23H33N3O4S. The molecular weight excluding hydrogens is 414 g/mol. The minimum Gasteiger partial charge on any atom is -0.340 e. The highest BCUT2D eigenvalue weighted by Crippen LogP contribution is 2.41. The lowest BCUT2D eigenvalue weighted by molar-refractivity contribution is -0.136. The van der Waals surface area contributed by atoms with Crippen LogP contribution in [-0.4, -0.2) is 71.3 Å². The first-order chi connectivity index (χ1) is 14.7. The summed E-state index contributed by atoms with van der Waals surface area (Å²) in [7, 11) is -3.30. The predicted molar refractivity (Wildman–Crippen MR) is 119 cm³/mol. The van der Waals surface area contributed by atoms with Crippen LogP contribution in [-0.2, 0) is 21.4 Å². The monoisotopic (exact) mass is 447 g/mol. The molecule has 0 spiro atoms. The quantitative estimate of drug-likeness (QED) is 0.695. The van der Waals surface area contributed by atoms with E-state index in [9.17, 15) is 18.0 Å². The molecule has 8 heteroatoms. The number of carbonyl (C=O) groups is 2. The van der Waals surface area contributed by atoms with Crippen molar-refractivity contribution in [2.75, 3.05) is 26.2 Å². The highest BCUT2D eigenvalue weighted by Gasteiger charge is 2.46. The molecule has 4 rings (SSSR count). The lowest BCUT2D eigenvalue weighted by Crippen LogP contribution is -2.56. The summed E-state index contributed by atoms with van der Waals surface area (Å²) >= 11 is 0. The molecule has 7 nitrogen and oxygen atoms in total. The first-order valence-electron chi connectivity index (χ1n) is 11.4. The van der Waals surface area contributed by atoms with Gasteiger partial charge in [0.1, 0.15) is 0 Å². The number of fused-ring (bicyclic) bond motifs is 1. The molecule has 31 heavy (non-hydrogen) atoms. The Morgan fingerprint density at radius 2 is 1.68 bits per heavy atom. The van der Waals surface area contributed by atoms with Crippen LogP contribution in [0.15, 0.2) is 24.3 Å². The van der Waals surface area contributed by atoms with Gasteiger partial charge in [-0.05, 0) is 38.3 Å². The van der Waals surface area contributed by atoms with E-state index in [1.165, 1.54) is 4.31 Å². The van der Waals surface area contributed by atoms with Crippen LogP contribution in [0.4, 0.5) is 0 Å². The molecule has 0 atom stereocenters. The van der Waals surface area contributed by atoms with Crippen molar-refractivity contribution in [3.8, 4) is 0 Å². The Kier molecular flexibility index (Phi) is 6.14. The van der Waals surface area contributed by atoms with Crippen molar-refractivity contribution >= 4 is 21.8 Å². The number of sulfonamides is 1. The summed E-state index contributed by atoms with van der Waals surface area (Å²) < 4.78 is 26.4. The van der Waals surface area contributed by atoms with Gasteiger partial charge in [0.15, 0.2) is 0 Å². The lowest BCUT2D eigenvalue weighted by Gasteiger charge is -2.45. The van der Waals surface area contributed by atoms with Crippen molar-refractivity contribution in [1.82, 2.24) is 14.1 Å². The standard InChI is InChI=1S/C23H33N3O4S/c1-18(2)31(29,30)25-14-12-24(13-15-25)21(27)16-23(10-6-3-7-11-23)26-17-19-8-4-5-9-20(19)22(26)28/h4-5,8-9,18H,3,6-7,10-17H2,1-2H3. The van der Waals surface area contributed by atoms with E-state index < -0.39 is 20.8 Å². The molecule has 2 aliphatic heterocycles. The number of hydrogen-bond donors (Lipinski definition) is 0. The first kappa shape index (κ1) is 22.3. The Hall–Kier alpha value is -1.93. The van der Waals surface area contributed by atoms with Crippen LogP contribution in [0.5, 0.6) is 0 Å². The van der Waals surface area contributed by atoms with Crippen molar-refractivity contribution < 1.29 is 18.0 Å². The van der Waals surface area contributed by atoms with Crippen molar-refractivity contribution in [3.63, 3.8) is 0 Å². The molecule has 0 aromatic heterocycles. The van der Waals surface area contributed by atoms with E-state index in [1.807, 2.05) is 29.2 Å². The topological polar surface area (TPSA) is 78.0 Å². The van der Waals surface area contributed by atoms with E-state index in [1.54, 1.807) is 18.7 Å². The number of hydrogen-bond acceptors (Lipinski definition) is 4. The molecule has 170 valence electrons. The summed E-state index contributed by atoms with van der Waals surface area (Å²) in [5.41, 5.74) is 1.36. The summed E-state index contributed by atoms with van der Waals surface area (Å²) in [6, 6.07) is 7.73. The van der Waals surface area contributed by atoms with Gasteiger partial charge in [0.2, 0.25) is 15.9 Å². The van der Waals surface area contributed by atoms with E-state index in [0.717, 1.165) is 43.2 Å². The normalized spacial score (nSPS) is 22.1. The molecule has 0 N–H and O–H groups in total. The van der Waals surface area contributed by atoms with Crippen molar-refractivity contribution in [2.24, 2.45) is 0 Å². The van der Waals surface area contributed by atoms with E-state index >= 15 is 0 Å². The van der Waals surface area contributed by atoms with E-state index in [4.69, 9.17) is 0 Å². The van der Waals surface area contributed by atoms with Crippen molar-refractivity contribution in [2.45, 2.75) is 69.7 Å². The minimum atomic E-state index is -3.30. The fourth-order valence-corrected chi connectivity index (χ4v) is 6.54. The smallest absolute Gasteiger partial charge is 0.254 e. The summed E-state index contributed by atoms with van der Waals surface area (Å²) in [5.74, 6) is 0.0744. The van der Waals surface area contributed by atoms with E-state index in [-0.39, 0.29) is 11.8 Å². The van der Waals surface area contributed by atoms with Gasteiger partial charge in [-0.25, -0.2) is 8.42 Å². The van der Waals surface area contributed by atoms with Crippen molar-refractivity contribution in [1.29, 1.82) is 0 Å². The maximum atomic E-state index is 13.3. The average Bonchev–Trinajstić information content (AvgIpc) is 3.12. The molecule has 3 aliphatic rings. The fraction of sp³-hybridized carbons (Fsp3) is 0.652. The first-order valence-corrected chi connectivity index (χ1v) is 12.9. The third kappa shape index (κ3) is 4.12. The van der Waals surface area contributed by atoms with Crippen LogP contribution in [0.3, 0.4) is 0 Å². The molecule has 2 heterocycles. The molecule has 0 bridgehead atoms. The number of amides is 2. The second-order valence-electron chi connectivity index (χ2n) is 9.38. The maximum Gasteiger partial charge on any atom is 0.254 e. The Bertz CT molecular complexity index is 945. The molecule has 1 saturated heterocycles. The van der Waals surface area contributed by atoms with Gasteiger partial charge < -0.3 is 9.80 Å². The second-order valence-corrected chi connectivity index (χ2v) is 11.9. The highest BCUT2D eigenvalue weighted by atomic mass is 32.2. The van der Waals surface area contributed by atoms with Crippen molar-refractivity contribution in [3.05, 3.63) is 35.4 Å². The van der Waals surface area contributed by atoms with Crippen LogP contribution in [0.2, 0.25) is 0 Å². The second kappa shape index (κ2) is 8.54. The van der Waals surface area contributed by atoms with Gasteiger partial charge in [-0.2, -0.15) is 4.31 Å². The SMILES string of the molecule is CC(C)S(=O)(=O)N1CCN(C(=O)CC2(N3Cc4ccccc4C3=O)CCCCC2)CC1. The third-order valence-corrected chi connectivity index (χ3v) is 9.48. The molecule has 1 aromatic carbocycles. The molecule has 1 aliphatic carbocycles. The number of benzene rings is 1. The summed E-state index contributed by atoms with van der Waals surface area (Å²) in [6.07, 6.45) is 5.20. The van der Waals surface area contributed by atoms with Gasteiger partial charge in [0, 0.05) is 38.3 Å². The summed E-state index contributed by atoms with van der Waals surface area (Å²) in [5, 5.41) is -0.455. The Morgan fingerprint density at radius 1 is 1.03 bits per heavy atom. The molecule has 1 saturated carbocycles. The highest BCUT2D eigenvalue weighted by molar-refractivity contribution is 7.89. The Morgan fingerprint density at radius 3 is 2.29 bits per heavy atom. The van der Waals surface area contributed by atoms with Crippen LogP contribution in [0, 0.1) is 0 Å². The number of nitrogens with zero attached hydrogens (tertiary/aromatic N) is 3. The van der Waals surface area contributed by atoms with Crippen LogP contribution in [0.1, 0.15) is 68.3 Å². The average molecular weight is 448 g/mol. The van der Waals surface area contributed by atoms with Crippen LogP contribution >= 0.6 is 0 Å². The number of piperazine rings is 1. The van der Waals surface area contributed by atoms with Crippen LogP contribution in [0.25, 0.3) is 0 Å². The zero-order valence-corrected chi connectivity index (χ0v) is 19.4. The minimum absolute atomic E-state index is 0.0345. The molecule has 2 amide bonds. The van der Waals surface area contributed by atoms with E-state index in [0.29, 0.717) is 39.1 Å². The van der Waals surface area contributed by atoms with Gasteiger partial charge in [-0.3, -0.25) is 9.59 Å². The zero-order valence-electron chi connectivity index (χ0n) is 18.5. The fourth-order valence-electron chi connectivity index (χ4n) is 5.27. The predicted octanol–water partition coefficient (Wildman–Crippen LogP) is 2.62. The molecule has 0 unspecified atom stereocenters. The van der Waals surface area contributed by atoms with Gasteiger partial charge in [0.05, 0.1) is 17.2 Å². The zero-order chi connectivity index (χ0) is 22.2. The van der Waals surface area contributed by atoms with E-state index in [2.05, 4.69) is 0 Å². The lowest BCUT2D eigenvalue weighted by atomic mass is 9.77. The third-order valence-electron chi connectivity index (χ3n) is 7.21. The Labute approximate surface area is 185 Å². The maximum absolute atomic E-state index is 13.3. The van der Waals surface area contributed by atoms with Gasteiger partial charge in [-0.15, -0.1) is 0 Å². The largest absolute Gasteiger partial charge is 0.340 e. The number of rotatable bonds is 5. The number of carbonyl (C=O) groups excluding carboxylic acids is 2. The molecule has 0 radical (unpaired) electrons. The van der Waals surface area contributed by atoms with Gasteiger partial charge in [0.25, 0.3) is 5.91 Å². The molecule has 1 aromatic rings.